The average molecular weight is 617 g/mol. The van der Waals surface area contributed by atoms with Crippen molar-refractivity contribution in [3.8, 4) is 5.88 Å². The van der Waals surface area contributed by atoms with Crippen molar-refractivity contribution in [2.45, 2.75) is 51.1 Å². The number of nitrogens with one attached hydrogen (secondary N) is 1. The van der Waals surface area contributed by atoms with Crippen LogP contribution in [0.5, 0.6) is 5.88 Å². The molecule has 2 aromatic heterocycles. The molecule has 1 N–H and O–H groups in total. The predicted molar refractivity (Wildman–Crippen MR) is 146 cm³/mol. The number of carbonyl (C=O) groups is 1. The molecule has 1 fully saturated rings. The quantitative estimate of drug-likeness (QED) is 0.240. The molecule has 1 saturated heterocycles. The normalized spacial score (nSPS) is 19.8. The Balaban J connectivity index is 1.33. The van der Waals surface area contributed by atoms with E-state index in [0.29, 0.717) is 13.0 Å². The van der Waals surface area contributed by atoms with Crippen molar-refractivity contribution < 1.29 is 31.8 Å². The van der Waals surface area contributed by atoms with Gasteiger partial charge in [-0.05, 0) is 69.8 Å². The lowest BCUT2D eigenvalue weighted by molar-refractivity contribution is -0.303. The number of pyridine rings is 2. The van der Waals surface area contributed by atoms with Crippen LogP contribution in [-0.2, 0) is 4.74 Å². The SMILES string of the molecule is CC(CCNC(=O)c1c(Cl)cncc1Cl)N1CCC(C(Oc2cccc(F)n2)C2C=CC(OC(F)(F)F)=CC2)CC1. The van der Waals surface area contributed by atoms with Gasteiger partial charge in [0.2, 0.25) is 11.8 Å². The molecule has 0 spiro atoms. The van der Waals surface area contributed by atoms with Crippen LogP contribution in [0.25, 0.3) is 0 Å². The highest BCUT2D eigenvalue weighted by atomic mass is 35.5. The van der Waals surface area contributed by atoms with Gasteiger partial charge in [-0.2, -0.15) is 9.37 Å². The van der Waals surface area contributed by atoms with Crippen LogP contribution in [0.4, 0.5) is 17.6 Å². The second kappa shape index (κ2) is 13.8. The summed E-state index contributed by atoms with van der Waals surface area (Å²) >= 11 is 12.1. The van der Waals surface area contributed by atoms with E-state index < -0.39 is 18.4 Å². The Bertz CT molecular complexity index is 1250. The van der Waals surface area contributed by atoms with Crippen molar-refractivity contribution in [1.29, 1.82) is 0 Å². The summed E-state index contributed by atoms with van der Waals surface area (Å²) in [7, 11) is 0. The third-order valence-electron chi connectivity index (χ3n) is 7.29. The van der Waals surface area contributed by atoms with E-state index in [1.807, 2.05) is 0 Å². The number of ether oxygens (including phenoxy) is 2. The van der Waals surface area contributed by atoms with E-state index in [9.17, 15) is 22.4 Å². The summed E-state index contributed by atoms with van der Waals surface area (Å²) in [4.78, 5) is 22.5. The van der Waals surface area contributed by atoms with Crippen LogP contribution in [0, 0.1) is 17.8 Å². The van der Waals surface area contributed by atoms with Gasteiger partial charge in [-0.3, -0.25) is 9.78 Å². The number of allylic oxidation sites excluding steroid dienone is 2. The molecular formula is C28H30Cl2F4N4O3. The van der Waals surface area contributed by atoms with E-state index in [-0.39, 0.29) is 57.5 Å². The highest BCUT2D eigenvalue weighted by Gasteiger charge is 2.36. The summed E-state index contributed by atoms with van der Waals surface area (Å²) in [6.07, 6.45) is 4.40. The third kappa shape index (κ3) is 8.80. The van der Waals surface area contributed by atoms with Gasteiger partial charge in [-0.15, -0.1) is 13.2 Å². The number of piperidine rings is 1. The maximum absolute atomic E-state index is 13.8. The summed E-state index contributed by atoms with van der Waals surface area (Å²) in [6, 6.07) is 4.45. The number of hydrogen-bond donors (Lipinski definition) is 1. The van der Waals surface area contributed by atoms with E-state index in [2.05, 4.69) is 31.8 Å². The fourth-order valence-corrected chi connectivity index (χ4v) is 5.72. The summed E-state index contributed by atoms with van der Waals surface area (Å²) in [6.45, 7) is 4.02. The Morgan fingerprint density at radius 1 is 1.20 bits per heavy atom. The second-order valence-electron chi connectivity index (χ2n) is 10.0. The molecule has 3 unspecified atom stereocenters. The first-order valence-corrected chi connectivity index (χ1v) is 14.0. The highest BCUT2D eigenvalue weighted by Crippen LogP contribution is 2.34. The van der Waals surface area contributed by atoms with Crippen LogP contribution in [0.15, 0.2) is 54.6 Å². The minimum Gasteiger partial charge on any atom is -0.473 e. The molecule has 41 heavy (non-hydrogen) atoms. The lowest BCUT2D eigenvalue weighted by Gasteiger charge is -2.40. The van der Waals surface area contributed by atoms with Gasteiger partial charge < -0.3 is 19.7 Å². The van der Waals surface area contributed by atoms with Crippen LogP contribution in [0.3, 0.4) is 0 Å². The average Bonchev–Trinajstić information content (AvgIpc) is 2.91. The molecule has 0 bridgehead atoms. The Morgan fingerprint density at radius 2 is 1.90 bits per heavy atom. The first kappa shape index (κ1) is 31.1. The summed E-state index contributed by atoms with van der Waals surface area (Å²) in [5.74, 6) is -1.35. The lowest BCUT2D eigenvalue weighted by atomic mass is 9.81. The molecule has 1 aliphatic heterocycles. The molecule has 0 radical (unpaired) electrons. The minimum absolute atomic E-state index is 0.0623. The molecule has 1 aliphatic carbocycles. The van der Waals surface area contributed by atoms with Gasteiger partial charge in [0, 0.05) is 37.0 Å². The van der Waals surface area contributed by atoms with E-state index in [1.165, 1.54) is 36.7 Å². The van der Waals surface area contributed by atoms with Crippen molar-refractivity contribution in [3.63, 3.8) is 0 Å². The highest BCUT2D eigenvalue weighted by molar-refractivity contribution is 6.39. The zero-order valence-electron chi connectivity index (χ0n) is 22.2. The predicted octanol–water partition coefficient (Wildman–Crippen LogP) is 6.59. The zero-order valence-corrected chi connectivity index (χ0v) is 23.7. The standard InChI is InChI=1S/C28H30Cl2F4N4O3/c1-17(9-12-36-27(39)25-21(29)15-35-16-22(25)30)38-13-10-19(11-14-38)26(40-24-4-2-3-23(31)37-24)18-5-7-20(8-6-18)41-28(32,33)34/h2-5,7-8,15-19,26H,6,9-14H2,1H3,(H,36,39). The van der Waals surface area contributed by atoms with Crippen molar-refractivity contribution in [2.24, 2.45) is 11.8 Å². The molecule has 3 atom stereocenters. The number of hydrogen-bond acceptors (Lipinski definition) is 6. The van der Waals surface area contributed by atoms with Gasteiger partial charge in [0.1, 0.15) is 11.9 Å². The Morgan fingerprint density at radius 3 is 2.51 bits per heavy atom. The zero-order chi connectivity index (χ0) is 29.6. The fourth-order valence-electron chi connectivity index (χ4n) is 5.18. The largest absolute Gasteiger partial charge is 0.573 e. The van der Waals surface area contributed by atoms with Crippen LogP contribution >= 0.6 is 23.2 Å². The Kier molecular flexibility index (Phi) is 10.5. The third-order valence-corrected chi connectivity index (χ3v) is 7.86. The second-order valence-corrected chi connectivity index (χ2v) is 10.9. The van der Waals surface area contributed by atoms with Crippen LogP contribution in [0.1, 0.15) is 43.0 Å². The number of carbonyl (C=O) groups excluding carboxylic acids is 1. The molecule has 0 aromatic carbocycles. The van der Waals surface area contributed by atoms with Crippen LogP contribution in [0.2, 0.25) is 10.0 Å². The maximum atomic E-state index is 13.8. The van der Waals surface area contributed by atoms with Crippen molar-refractivity contribution in [1.82, 2.24) is 20.2 Å². The van der Waals surface area contributed by atoms with Crippen molar-refractivity contribution >= 4 is 29.1 Å². The molecular weight excluding hydrogens is 587 g/mol. The number of halogens is 6. The van der Waals surface area contributed by atoms with Gasteiger partial charge in [0.15, 0.2) is 0 Å². The van der Waals surface area contributed by atoms with Gasteiger partial charge in [0.05, 0.1) is 15.6 Å². The molecule has 0 saturated carbocycles. The minimum atomic E-state index is -4.77. The van der Waals surface area contributed by atoms with Crippen LogP contribution < -0.4 is 10.1 Å². The monoisotopic (exact) mass is 616 g/mol. The van der Waals surface area contributed by atoms with Gasteiger partial charge in [-0.25, -0.2) is 0 Å². The van der Waals surface area contributed by atoms with Crippen molar-refractivity contribution in [3.05, 3.63) is 76.1 Å². The summed E-state index contributed by atoms with van der Waals surface area (Å²) < 4.78 is 61.9. The number of amides is 1. The van der Waals surface area contributed by atoms with Gasteiger partial charge in [-0.1, -0.05) is 35.3 Å². The molecule has 4 rings (SSSR count). The lowest BCUT2D eigenvalue weighted by Crippen LogP contribution is -2.46. The molecule has 3 heterocycles. The first-order chi connectivity index (χ1) is 19.5. The van der Waals surface area contributed by atoms with E-state index in [4.69, 9.17) is 27.9 Å². The van der Waals surface area contributed by atoms with E-state index in [0.717, 1.165) is 25.9 Å². The summed E-state index contributed by atoms with van der Waals surface area (Å²) in [5, 5.41) is 3.22. The van der Waals surface area contributed by atoms with Crippen molar-refractivity contribution in [2.75, 3.05) is 19.6 Å². The fraction of sp³-hybridized carbons (Fsp3) is 0.464. The summed E-state index contributed by atoms with van der Waals surface area (Å²) in [5.41, 5.74) is 0.194. The number of nitrogens with zero attached hydrogens (tertiary/aromatic N) is 3. The number of alkyl halides is 3. The van der Waals surface area contributed by atoms with Crippen LogP contribution in [-0.4, -0.2) is 58.9 Å². The number of rotatable bonds is 10. The molecule has 7 nitrogen and oxygen atoms in total. The van der Waals surface area contributed by atoms with Gasteiger partial charge >= 0.3 is 6.36 Å². The first-order valence-electron chi connectivity index (χ1n) is 13.2. The van der Waals surface area contributed by atoms with E-state index in [1.54, 1.807) is 12.1 Å². The van der Waals surface area contributed by atoms with Gasteiger partial charge in [0.25, 0.3) is 5.91 Å². The molecule has 2 aromatic rings. The number of aromatic nitrogens is 2. The molecule has 222 valence electrons. The smallest absolute Gasteiger partial charge is 0.473 e. The van der Waals surface area contributed by atoms with E-state index >= 15 is 0 Å². The Hall–Kier alpha value is -2.89. The maximum Gasteiger partial charge on any atom is 0.573 e. The topological polar surface area (TPSA) is 76.6 Å². The molecule has 13 heteroatoms. The molecule has 2 aliphatic rings. The molecule has 1 amide bonds. The Labute approximate surface area is 245 Å². The number of likely N-dealkylation sites (tertiary alicyclic amines) is 1.